The number of amides is 2. The molecule has 5 heteroatoms. The van der Waals surface area contributed by atoms with Crippen LogP contribution in [0.2, 0.25) is 0 Å². The van der Waals surface area contributed by atoms with Crippen LogP contribution in [0.5, 0.6) is 0 Å². The van der Waals surface area contributed by atoms with Crippen molar-refractivity contribution in [3.8, 4) is 0 Å². The van der Waals surface area contributed by atoms with E-state index in [9.17, 15) is 9.59 Å². The molecule has 5 nitrogen and oxygen atoms in total. The number of aliphatic carboxylic acids is 1. The fourth-order valence-electron chi connectivity index (χ4n) is 2.94. The number of allylic oxidation sites excluding steroid dienone is 1. The van der Waals surface area contributed by atoms with E-state index in [4.69, 9.17) is 5.11 Å². The number of carbonyl (C=O) groups excluding carboxylic acids is 1. The van der Waals surface area contributed by atoms with Gasteiger partial charge in [-0.3, -0.25) is 4.79 Å². The largest absolute Gasteiger partial charge is 0.481 e. The fraction of sp³-hybridized carbons (Fsp3) is 0.733. The first-order chi connectivity index (χ1) is 9.66. The van der Waals surface area contributed by atoms with Crippen molar-refractivity contribution in [1.82, 2.24) is 10.2 Å². The molecule has 0 saturated carbocycles. The molecule has 1 aliphatic heterocycles. The lowest BCUT2D eigenvalue weighted by Crippen LogP contribution is -2.47. The molecule has 1 aliphatic carbocycles. The number of carboxylic acids is 1. The summed E-state index contributed by atoms with van der Waals surface area (Å²) in [6.45, 7) is 1.65. The van der Waals surface area contributed by atoms with Crippen LogP contribution in [0, 0.1) is 5.92 Å². The number of piperidine rings is 1. The highest BCUT2D eigenvalue weighted by Gasteiger charge is 2.27. The highest BCUT2D eigenvalue weighted by Crippen LogP contribution is 2.20. The third-order valence-corrected chi connectivity index (χ3v) is 4.17. The highest BCUT2D eigenvalue weighted by atomic mass is 16.4. The van der Waals surface area contributed by atoms with Crippen molar-refractivity contribution in [3.63, 3.8) is 0 Å². The summed E-state index contributed by atoms with van der Waals surface area (Å²) in [4.78, 5) is 24.6. The molecule has 1 atom stereocenters. The molecule has 0 radical (unpaired) electrons. The van der Waals surface area contributed by atoms with Crippen molar-refractivity contribution in [3.05, 3.63) is 11.6 Å². The van der Waals surface area contributed by atoms with Gasteiger partial charge in [-0.25, -0.2) is 4.79 Å². The average molecular weight is 280 g/mol. The Kier molecular flexibility index (Phi) is 5.44. The van der Waals surface area contributed by atoms with Crippen LogP contribution in [0.3, 0.4) is 0 Å². The minimum atomic E-state index is -0.796. The first-order valence-electron chi connectivity index (χ1n) is 7.60. The number of carboxylic acid groups (broad SMARTS) is 1. The molecule has 1 heterocycles. The monoisotopic (exact) mass is 280 g/mol. The molecule has 2 rings (SSSR count). The normalized spacial score (nSPS) is 23.1. The maximum absolute atomic E-state index is 12.0. The highest BCUT2D eigenvalue weighted by molar-refractivity contribution is 5.76. The van der Waals surface area contributed by atoms with Crippen molar-refractivity contribution >= 4 is 12.0 Å². The number of hydrogen-bond donors (Lipinski definition) is 2. The summed E-state index contributed by atoms with van der Waals surface area (Å²) < 4.78 is 0. The maximum atomic E-state index is 12.0. The molecule has 2 N–H and O–H groups in total. The molecule has 1 fully saturated rings. The van der Waals surface area contributed by atoms with E-state index in [1.807, 2.05) is 0 Å². The van der Waals surface area contributed by atoms with Gasteiger partial charge in [-0.2, -0.15) is 0 Å². The van der Waals surface area contributed by atoms with E-state index < -0.39 is 11.9 Å². The average Bonchev–Trinajstić information content (AvgIpc) is 2.48. The van der Waals surface area contributed by atoms with E-state index in [1.165, 1.54) is 18.4 Å². The summed E-state index contributed by atoms with van der Waals surface area (Å²) >= 11 is 0. The lowest BCUT2D eigenvalue weighted by Gasteiger charge is -2.30. The molecule has 2 aliphatic rings. The van der Waals surface area contributed by atoms with Gasteiger partial charge < -0.3 is 15.3 Å². The minimum Gasteiger partial charge on any atom is -0.481 e. The van der Waals surface area contributed by atoms with Gasteiger partial charge in [-0.05, 0) is 44.9 Å². The predicted octanol–water partition coefficient (Wildman–Crippen LogP) is 2.38. The Morgan fingerprint density at radius 3 is 2.90 bits per heavy atom. The SMILES string of the molecule is O=C(O)[C@H]1CCCN(C(=O)NCCC2=CCCCC2)C1. The van der Waals surface area contributed by atoms with Crippen LogP contribution in [0.4, 0.5) is 4.79 Å². The van der Waals surface area contributed by atoms with Gasteiger partial charge in [0.2, 0.25) is 0 Å². The molecule has 112 valence electrons. The molecule has 0 spiro atoms. The molecule has 0 aromatic carbocycles. The molecule has 0 bridgehead atoms. The van der Waals surface area contributed by atoms with E-state index in [1.54, 1.807) is 4.90 Å². The van der Waals surface area contributed by atoms with Crippen molar-refractivity contribution in [1.29, 1.82) is 0 Å². The summed E-state index contributed by atoms with van der Waals surface area (Å²) in [7, 11) is 0. The Morgan fingerprint density at radius 1 is 1.35 bits per heavy atom. The number of nitrogens with zero attached hydrogens (tertiary/aromatic N) is 1. The smallest absolute Gasteiger partial charge is 0.317 e. The zero-order valence-corrected chi connectivity index (χ0v) is 11.9. The van der Waals surface area contributed by atoms with E-state index >= 15 is 0 Å². The number of nitrogens with one attached hydrogen (secondary N) is 1. The molecule has 2 amide bonds. The standard InChI is InChI=1S/C15H24N2O3/c18-14(19)13-7-4-10-17(11-13)15(20)16-9-8-12-5-2-1-3-6-12/h5,13H,1-4,6-11H2,(H,16,20)(H,18,19)/t13-/m0/s1. The topological polar surface area (TPSA) is 69.6 Å². The van der Waals surface area contributed by atoms with Crippen LogP contribution in [0.25, 0.3) is 0 Å². The van der Waals surface area contributed by atoms with Gasteiger partial charge in [-0.15, -0.1) is 0 Å². The van der Waals surface area contributed by atoms with Crippen LogP contribution in [-0.4, -0.2) is 41.6 Å². The molecule has 1 saturated heterocycles. The number of hydrogen-bond acceptors (Lipinski definition) is 2. The number of carbonyl (C=O) groups is 2. The van der Waals surface area contributed by atoms with Crippen LogP contribution in [0.1, 0.15) is 44.9 Å². The Balaban J connectivity index is 1.71. The predicted molar refractivity (Wildman–Crippen MR) is 76.5 cm³/mol. The Morgan fingerprint density at radius 2 is 2.20 bits per heavy atom. The molecular formula is C15H24N2O3. The summed E-state index contributed by atoms with van der Waals surface area (Å²) in [5.41, 5.74) is 1.44. The van der Waals surface area contributed by atoms with Gasteiger partial charge in [0.05, 0.1) is 5.92 Å². The third kappa shape index (κ3) is 4.25. The first-order valence-corrected chi connectivity index (χ1v) is 7.60. The number of likely N-dealkylation sites (tertiary alicyclic amines) is 1. The summed E-state index contributed by atoms with van der Waals surface area (Å²) in [6, 6.07) is -0.118. The second kappa shape index (κ2) is 7.31. The second-order valence-corrected chi connectivity index (χ2v) is 5.71. The first kappa shape index (κ1) is 14.9. The molecule has 20 heavy (non-hydrogen) atoms. The fourth-order valence-corrected chi connectivity index (χ4v) is 2.94. The molecule has 0 aromatic heterocycles. The van der Waals surface area contributed by atoms with Crippen LogP contribution in [0.15, 0.2) is 11.6 Å². The Bertz CT molecular complexity index is 393. The van der Waals surface area contributed by atoms with E-state index in [2.05, 4.69) is 11.4 Å². The van der Waals surface area contributed by atoms with Crippen molar-refractivity contribution in [2.45, 2.75) is 44.9 Å². The van der Waals surface area contributed by atoms with Gasteiger partial charge in [0.15, 0.2) is 0 Å². The molecular weight excluding hydrogens is 256 g/mol. The lowest BCUT2D eigenvalue weighted by molar-refractivity contribution is -0.143. The zero-order valence-electron chi connectivity index (χ0n) is 11.9. The number of urea groups is 1. The maximum Gasteiger partial charge on any atom is 0.317 e. The van der Waals surface area contributed by atoms with Gasteiger partial charge in [0.1, 0.15) is 0 Å². The third-order valence-electron chi connectivity index (χ3n) is 4.17. The quantitative estimate of drug-likeness (QED) is 0.777. The van der Waals surface area contributed by atoms with Crippen LogP contribution < -0.4 is 5.32 Å². The van der Waals surface area contributed by atoms with Crippen molar-refractivity contribution in [2.75, 3.05) is 19.6 Å². The van der Waals surface area contributed by atoms with Crippen molar-refractivity contribution < 1.29 is 14.7 Å². The minimum absolute atomic E-state index is 0.118. The van der Waals surface area contributed by atoms with Gasteiger partial charge in [0, 0.05) is 19.6 Å². The van der Waals surface area contributed by atoms with E-state index in [0.717, 1.165) is 25.7 Å². The van der Waals surface area contributed by atoms with E-state index in [0.29, 0.717) is 26.1 Å². The van der Waals surface area contributed by atoms with Crippen LogP contribution >= 0.6 is 0 Å². The second-order valence-electron chi connectivity index (χ2n) is 5.71. The number of rotatable bonds is 4. The van der Waals surface area contributed by atoms with Gasteiger partial charge in [0.25, 0.3) is 0 Å². The van der Waals surface area contributed by atoms with Crippen LogP contribution in [-0.2, 0) is 4.79 Å². The van der Waals surface area contributed by atoms with Gasteiger partial charge >= 0.3 is 12.0 Å². The summed E-state index contributed by atoms with van der Waals surface area (Å²) in [5.74, 6) is -1.20. The zero-order chi connectivity index (χ0) is 14.4. The van der Waals surface area contributed by atoms with Gasteiger partial charge in [-0.1, -0.05) is 11.6 Å². The van der Waals surface area contributed by atoms with E-state index in [-0.39, 0.29) is 6.03 Å². The lowest BCUT2D eigenvalue weighted by atomic mass is 9.97. The molecule has 0 unspecified atom stereocenters. The Hall–Kier alpha value is -1.52. The molecule has 0 aromatic rings. The van der Waals surface area contributed by atoms with Crippen molar-refractivity contribution in [2.24, 2.45) is 5.92 Å². The summed E-state index contributed by atoms with van der Waals surface area (Å²) in [5, 5.41) is 11.9. The Labute approximate surface area is 120 Å². The summed E-state index contributed by atoms with van der Waals surface area (Å²) in [6.07, 6.45) is 9.50.